The van der Waals surface area contributed by atoms with Crippen LogP contribution in [0.1, 0.15) is 45.2 Å². The van der Waals surface area contributed by atoms with Crippen molar-refractivity contribution in [3.63, 3.8) is 0 Å². The quantitative estimate of drug-likeness (QED) is 0.261. The number of hydrogen-bond acceptors (Lipinski definition) is 0. The predicted molar refractivity (Wildman–Crippen MR) is 162 cm³/mol. The summed E-state index contributed by atoms with van der Waals surface area (Å²) in [6.45, 7) is 8.94. The van der Waals surface area contributed by atoms with Crippen molar-refractivity contribution in [3.05, 3.63) is 150 Å². The number of benzene rings is 4. The summed E-state index contributed by atoms with van der Waals surface area (Å²) >= 11 is 1.46. The van der Waals surface area contributed by atoms with E-state index in [0.717, 1.165) is 6.42 Å². The van der Waals surface area contributed by atoms with E-state index in [1.54, 1.807) is 0 Å². The van der Waals surface area contributed by atoms with Crippen molar-refractivity contribution in [2.24, 2.45) is 11.8 Å². The maximum Gasteiger partial charge on any atom is -0.0771 e. The largest absolute Gasteiger partial charge is 0.126 e. The van der Waals surface area contributed by atoms with Gasteiger partial charge in [0.05, 0.1) is 0 Å². The van der Waals surface area contributed by atoms with Gasteiger partial charge in [-0.2, -0.15) is 5.57 Å². The molecule has 40 heavy (non-hydrogen) atoms. The van der Waals surface area contributed by atoms with E-state index in [1.807, 2.05) is 0 Å². The zero-order valence-electron chi connectivity index (χ0n) is 23.7. The molecule has 5 aromatic carbocycles. The number of hydrogen-bond donors (Lipinski definition) is 0. The fourth-order valence-corrected chi connectivity index (χ4v) is 5.35. The van der Waals surface area contributed by atoms with E-state index in [1.165, 1.54) is 71.3 Å². The Balaban J connectivity index is 0.000000207. The van der Waals surface area contributed by atoms with Crippen molar-refractivity contribution in [2.75, 3.05) is 0 Å². The molecule has 5 aromatic rings. The fraction of sp³-hybridized carbons (Fsp3) is 0.189. The monoisotopic (exact) mass is 640 g/mol. The molecule has 1 aliphatic rings. The molecule has 1 aliphatic carbocycles. The van der Waals surface area contributed by atoms with Crippen molar-refractivity contribution in [3.8, 4) is 0 Å². The van der Waals surface area contributed by atoms with Crippen molar-refractivity contribution in [2.45, 2.75) is 34.1 Å². The van der Waals surface area contributed by atoms with Crippen LogP contribution in [0.5, 0.6) is 0 Å². The Labute approximate surface area is 267 Å². The molecule has 0 fully saturated rings. The zero-order valence-corrected chi connectivity index (χ0v) is 27.6. The first-order valence-corrected chi connectivity index (χ1v) is 14.7. The molecule has 0 unspecified atom stereocenters. The van der Waals surface area contributed by atoms with E-state index in [2.05, 4.69) is 155 Å². The van der Waals surface area contributed by atoms with E-state index >= 15 is 0 Å². The minimum atomic E-state index is 0. The van der Waals surface area contributed by atoms with E-state index in [9.17, 15) is 0 Å². The molecule has 0 heterocycles. The van der Waals surface area contributed by atoms with E-state index < -0.39 is 0 Å². The minimum Gasteiger partial charge on any atom is -0.126 e. The molecule has 0 amide bonds. The second-order valence-corrected chi connectivity index (χ2v) is 11.5. The molecule has 3 heteroatoms. The molecule has 204 valence electrons. The summed E-state index contributed by atoms with van der Waals surface area (Å²) in [5.74, 6) is 1.34. The topological polar surface area (TPSA) is 0 Å². The molecule has 0 nitrogen and oxygen atoms in total. The van der Waals surface area contributed by atoms with Gasteiger partial charge in [0, 0.05) is 0 Å². The van der Waals surface area contributed by atoms with Crippen LogP contribution < -0.4 is 24.8 Å². The standard InChI is InChI=1S/C13H9.C13H10.C11H17.2ClH.Zr/c1-3-7-12-10(5-1)9-11-6-2-4-8-13(11)12;1-3-7-12(8-4-1)11-13-9-5-2-6-10-13;1-8(2)10-5-6-11(7-10)9(3)4;;;/h1-9H;1-10H;7-9H,5H2,1-4H3;2*1H;/q-1;;-1;;;+2/p-2. The van der Waals surface area contributed by atoms with Crippen molar-refractivity contribution in [1.82, 2.24) is 0 Å². The maximum absolute atomic E-state index is 3.41. The molecule has 0 saturated carbocycles. The predicted octanol–water partition coefficient (Wildman–Crippen LogP) is 3.88. The van der Waals surface area contributed by atoms with Gasteiger partial charge in [0.2, 0.25) is 0 Å². The van der Waals surface area contributed by atoms with Gasteiger partial charge >= 0.3 is 99.2 Å². The first-order chi connectivity index (χ1) is 18.4. The third-order valence-corrected chi connectivity index (χ3v) is 8.27. The summed E-state index contributed by atoms with van der Waals surface area (Å²) in [5.41, 5.74) is 5.59. The zero-order chi connectivity index (χ0) is 26.9. The van der Waals surface area contributed by atoms with Gasteiger partial charge in [0.1, 0.15) is 0 Å². The van der Waals surface area contributed by atoms with Gasteiger partial charge in [0.15, 0.2) is 0 Å². The molecule has 6 rings (SSSR count). The number of fused-ring (bicyclic) bond motifs is 3. The number of halogens is 2. The Morgan fingerprint density at radius 1 is 0.625 bits per heavy atom. The summed E-state index contributed by atoms with van der Waals surface area (Å²) in [6.07, 6.45) is 6.79. The van der Waals surface area contributed by atoms with E-state index in [4.69, 9.17) is 0 Å². The van der Waals surface area contributed by atoms with E-state index in [-0.39, 0.29) is 24.8 Å². The van der Waals surface area contributed by atoms with Gasteiger partial charge in [-0.05, 0) is 5.92 Å². The molecular weight excluding hydrogens is 607 g/mol. The SMILES string of the molecule is CC(C)C1=[C-]CC(C(C)C)=C1.[Cl-].[Cl-].[Zr+2]=[C](c1ccccc1)c1ccccc1.c1ccc2c(c1)[cH-]c1ccccc12. The molecule has 0 aliphatic heterocycles. The van der Waals surface area contributed by atoms with Crippen LogP contribution in [0.4, 0.5) is 0 Å². The smallest absolute Gasteiger partial charge is 0.0771 e. The Morgan fingerprint density at radius 3 is 1.43 bits per heavy atom. The number of allylic oxidation sites excluding steroid dienone is 4. The third kappa shape index (κ3) is 9.04. The van der Waals surface area contributed by atoms with Gasteiger partial charge < -0.3 is 24.8 Å². The van der Waals surface area contributed by atoms with Crippen molar-refractivity contribution < 1.29 is 49.0 Å². The van der Waals surface area contributed by atoms with Crippen LogP contribution in [-0.4, -0.2) is 3.21 Å². The summed E-state index contributed by atoms with van der Waals surface area (Å²) < 4.78 is 1.42. The van der Waals surface area contributed by atoms with E-state index in [0.29, 0.717) is 11.8 Å². The molecule has 0 atom stereocenters. The van der Waals surface area contributed by atoms with Crippen LogP contribution in [0.25, 0.3) is 21.5 Å². The average molecular weight is 643 g/mol. The van der Waals surface area contributed by atoms with Gasteiger partial charge in [0.25, 0.3) is 0 Å². The third-order valence-electron chi connectivity index (χ3n) is 6.85. The van der Waals surface area contributed by atoms with Gasteiger partial charge in [-0.1, -0.05) is 70.0 Å². The molecular formula is C37H36Cl2Zr-2. The van der Waals surface area contributed by atoms with Gasteiger partial charge in [-0.25, -0.2) is 11.6 Å². The molecule has 0 N–H and O–H groups in total. The summed E-state index contributed by atoms with van der Waals surface area (Å²) in [4.78, 5) is 0. The van der Waals surface area contributed by atoms with Crippen molar-refractivity contribution >= 4 is 24.8 Å². The average Bonchev–Trinajstić information content (AvgIpc) is 3.60. The first-order valence-electron chi connectivity index (χ1n) is 13.5. The van der Waals surface area contributed by atoms with Crippen LogP contribution >= 0.6 is 0 Å². The van der Waals surface area contributed by atoms with Gasteiger partial charge in [-0.15, -0.1) is 46.2 Å². The fourth-order valence-electron chi connectivity index (χ4n) is 4.53. The van der Waals surface area contributed by atoms with Gasteiger partial charge in [-0.3, -0.25) is 6.08 Å². The Bertz CT molecular complexity index is 1450. The first kappa shape index (κ1) is 33.8. The second-order valence-electron chi connectivity index (χ2n) is 10.3. The van der Waals surface area contributed by atoms with Crippen LogP contribution in [0.3, 0.4) is 0 Å². The van der Waals surface area contributed by atoms with Crippen molar-refractivity contribution in [1.29, 1.82) is 0 Å². The molecule has 0 spiro atoms. The minimum absolute atomic E-state index is 0. The Hall–Kier alpha value is -2.44. The second kappa shape index (κ2) is 16.7. The Morgan fingerprint density at radius 2 is 1.05 bits per heavy atom. The number of rotatable bonds is 4. The van der Waals surface area contributed by atoms with Crippen LogP contribution in [0.15, 0.2) is 132 Å². The molecule has 0 radical (unpaired) electrons. The molecule has 0 aromatic heterocycles. The van der Waals surface area contributed by atoms with Crippen LogP contribution in [0, 0.1) is 17.9 Å². The Kier molecular flexibility index (Phi) is 14.1. The molecule has 0 saturated heterocycles. The summed E-state index contributed by atoms with van der Waals surface area (Å²) in [7, 11) is 0. The molecule has 0 bridgehead atoms. The maximum atomic E-state index is 3.41. The summed E-state index contributed by atoms with van der Waals surface area (Å²) in [5, 5.41) is 5.39. The summed E-state index contributed by atoms with van der Waals surface area (Å²) in [6, 6.07) is 40.4. The normalized spacial score (nSPS) is 11.9. The van der Waals surface area contributed by atoms with Crippen LogP contribution in [0.2, 0.25) is 0 Å². The van der Waals surface area contributed by atoms with Crippen LogP contribution in [-0.2, 0) is 24.2 Å².